The van der Waals surface area contributed by atoms with Crippen LogP contribution in [0.5, 0.6) is 0 Å². The van der Waals surface area contributed by atoms with E-state index in [2.05, 4.69) is 19.9 Å². The third-order valence-electron chi connectivity index (χ3n) is 1.55. The number of hydrogen-bond acceptors (Lipinski definition) is 5. The maximum Gasteiger partial charge on any atom is 0.198 e. The minimum Gasteiger partial charge on any atom is -0.382 e. The molecule has 0 saturated carbocycles. The van der Waals surface area contributed by atoms with Crippen molar-refractivity contribution in [2.45, 2.75) is 0 Å². The molecule has 6 N–H and O–H groups in total. The predicted molar refractivity (Wildman–Crippen MR) is 47.1 cm³/mol. The lowest BCUT2D eigenvalue weighted by molar-refractivity contribution is 1.15. The molecule has 0 unspecified atom stereocenters. The Morgan fingerprint density at radius 2 is 2.23 bits per heavy atom. The summed E-state index contributed by atoms with van der Waals surface area (Å²) < 4.78 is 0. The van der Waals surface area contributed by atoms with E-state index in [9.17, 15) is 0 Å². The van der Waals surface area contributed by atoms with Crippen LogP contribution >= 0.6 is 0 Å². The van der Waals surface area contributed by atoms with Crippen molar-refractivity contribution in [1.29, 1.82) is 5.41 Å². The van der Waals surface area contributed by atoms with Gasteiger partial charge in [-0.25, -0.2) is 15.0 Å². The Morgan fingerprint density at radius 3 is 2.92 bits per heavy atom. The molecule has 0 fully saturated rings. The van der Waals surface area contributed by atoms with E-state index in [4.69, 9.17) is 16.9 Å². The first-order valence-corrected chi connectivity index (χ1v) is 3.49. The van der Waals surface area contributed by atoms with E-state index in [0.29, 0.717) is 11.2 Å². The van der Waals surface area contributed by atoms with Crippen molar-refractivity contribution >= 4 is 22.8 Å². The highest BCUT2D eigenvalue weighted by Crippen LogP contribution is 2.11. The zero-order valence-corrected chi connectivity index (χ0v) is 6.57. The standard InChI is InChI=1S/C6H7N7/c7-3(8)6-12-4(9)2-5(13-6)11-1-10-2/h1H,(H3,7,8)(H3,9,10,11,12,13). The van der Waals surface area contributed by atoms with Gasteiger partial charge in [0.1, 0.15) is 5.52 Å². The number of hydrogen-bond donors (Lipinski definition) is 4. The number of aromatic amines is 1. The first-order chi connectivity index (χ1) is 6.18. The number of rotatable bonds is 1. The summed E-state index contributed by atoms with van der Waals surface area (Å²) in [6, 6.07) is 0. The van der Waals surface area contributed by atoms with E-state index in [1.54, 1.807) is 0 Å². The summed E-state index contributed by atoms with van der Waals surface area (Å²) in [4.78, 5) is 14.4. The smallest absolute Gasteiger partial charge is 0.198 e. The minimum absolute atomic E-state index is 0.0945. The Bertz CT molecular complexity index is 471. The molecule has 0 amide bonds. The van der Waals surface area contributed by atoms with E-state index in [0.717, 1.165) is 0 Å². The first kappa shape index (κ1) is 7.47. The second-order valence-corrected chi connectivity index (χ2v) is 2.45. The maximum absolute atomic E-state index is 7.12. The molecule has 0 saturated heterocycles. The van der Waals surface area contributed by atoms with Crippen LogP contribution in [-0.4, -0.2) is 25.8 Å². The fourth-order valence-electron chi connectivity index (χ4n) is 0.976. The zero-order valence-electron chi connectivity index (χ0n) is 6.57. The number of aromatic nitrogens is 4. The molecular weight excluding hydrogens is 170 g/mol. The average Bonchev–Trinajstić information content (AvgIpc) is 2.51. The van der Waals surface area contributed by atoms with Gasteiger partial charge in [-0.15, -0.1) is 0 Å². The van der Waals surface area contributed by atoms with Crippen LogP contribution in [0.4, 0.5) is 5.82 Å². The van der Waals surface area contributed by atoms with Gasteiger partial charge < -0.3 is 16.5 Å². The second kappa shape index (κ2) is 2.41. The van der Waals surface area contributed by atoms with Crippen molar-refractivity contribution in [2.24, 2.45) is 5.73 Å². The lowest BCUT2D eigenvalue weighted by atomic mass is 10.4. The zero-order chi connectivity index (χ0) is 9.42. The summed E-state index contributed by atoms with van der Waals surface area (Å²) in [5, 5.41) is 7.12. The number of nitrogens with two attached hydrogens (primary N) is 2. The van der Waals surface area contributed by atoms with Crippen LogP contribution in [0.2, 0.25) is 0 Å². The predicted octanol–water partition coefficient (Wildman–Crippen LogP) is -0.781. The molecule has 0 aromatic carbocycles. The summed E-state index contributed by atoms with van der Waals surface area (Å²) in [6.45, 7) is 0. The van der Waals surface area contributed by atoms with Crippen molar-refractivity contribution in [3.8, 4) is 0 Å². The van der Waals surface area contributed by atoms with E-state index in [-0.39, 0.29) is 17.5 Å². The number of nitrogens with one attached hydrogen (secondary N) is 2. The van der Waals surface area contributed by atoms with Crippen molar-refractivity contribution in [1.82, 2.24) is 19.9 Å². The second-order valence-electron chi connectivity index (χ2n) is 2.45. The SMILES string of the molecule is N=C(N)c1nc(N)c2[nH]cnc2n1. The van der Waals surface area contributed by atoms with Gasteiger partial charge in [0.15, 0.2) is 23.1 Å². The topological polar surface area (TPSA) is 130 Å². The molecular formula is C6H7N7. The fraction of sp³-hybridized carbons (Fsp3) is 0. The van der Waals surface area contributed by atoms with Crippen LogP contribution in [0.15, 0.2) is 6.33 Å². The highest BCUT2D eigenvalue weighted by Gasteiger charge is 2.08. The number of imidazole rings is 1. The van der Waals surface area contributed by atoms with Crippen LogP contribution in [0.1, 0.15) is 5.82 Å². The van der Waals surface area contributed by atoms with Gasteiger partial charge in [0, 0.05) is 0 Å². The third kappa shape index (κ3) is 1.06. The Hall–Kier alpha value is -2.18. The highest BCUT2D eigenvalue weighted by molar-refractivity contribution is 5.94. The van der Waals surface area contributed by atoms with Crippen LogP contribution in [0.3, 0.4) is 0 Å². The first-order valence-electron chi connectivity index (χ1n) is 3.49. The van der Waals surface area contributed by atoms with E-state index in [1.807, 2.05) is 0 Å². The number of amidine groups is 1. The van der Waals surface area contributed by atoms with Crippen LogP contribution < -0.4 is 11.5 Å². The quantitative estimate of drug-likeness (QED) is 0.335. The molecule has 0 aliphatic carbocycles. The van der Waals surface area contributed by atoms with Gasteiger partial charge in [0.05, 0.1) is 6.33 Å². The summed E-state index contributed by atoms with van der Waals surface area (Å²) in [6.07, 6.45) is 1.46. The molecule has 0 atom stereocenters. The Labute approximate surface area is 72.7 Å². The minimum atomic E-state index is -0.225. The maximum atomic E-state index is 7.12. The average molecular weight is 177 g/mol. The van der Waals surface area contributed by atoms with E-state index in [1.165, 1.54) is 6.33 Å². The molecule has 0 radical (unpaired) electrons. The summed E-state index contributed by atoms with van der Waals surface area (Å²) >= 11 is 0. The van der Waals surface area contributed by atoms with E-state index < -0.39 is 0 Å². The van der Waals surface area contributed by atoms with Crippen molar-refractivity contribution in [3.05, 3.63) is 12.2 Å². The molecule has 0 bridgehead atoms. The molecule has 66 valence electrons. The van der Waals surface area contributed by atoms with Gasteiger partial charge in [-0.1, -0.05) is 0 Å². The van der Waals surface area contributed by atoms with Crippen LogP contribution in [0.25, 0.3) is 11.2 Å². The summed E-state index contributed by atoms with van der Waals surface area (Å²) in [5.41, 5.74) is 11.7. The molecule has 0 aliphatic rings. The monoisotopic (exact) mass is 177 g/mol. The van der Waals surface area contributed by atoms with Gasteiger partial charge in [-0.3, -0.25) is 5.41 Å². The Balaban J connectivity index is 2.77. The van der Waals surface area contributed by atoms with Crippen LogP contribution in [0, 0.1) is 5.41 Å². The fourth-order valence-corrected chi connectivity index (χ4v) is 0.976. The summed E-state index contributed by atoms with van der Waals surface area (Å²) in [5.74, 6) is 0.112. The van der Waals surface area contributed by atoms with Gasteiger partial charge in [0.25, 0.3) is 0 Å². The third-order valence-corrected chi connectivity index (χ3v) is 1.55. The van der Waals surface area contributed by atoms with Crippen molar-refractivity contribution < 1.29 is 0 Å². The molecule has 2 aromatic rings. The molecule has 7 nitrogen and oxygen atoms in total. The number of H-pyrrole nitrogens is 1. The van der Waals surface area contributed by atoms with E-state index >= 15 is 0 Å². The molecule has 7 heteroatoms. The number of nitrogen functional groups attached to an aromatic ring is 2. The van der Waals surface area contributed by atoms with Crippen molar-refractivity contribution in [3.63, 3.8) is 0 Å². The number of anilines is 1. The van der Waals surface area contributed by atoms with Crippen molar-refractivity contribution in [2.75, 3.05) is 5.73 Å². The molecule has 0 spiro atoms. The molecule has 13 heavy (non-hydrogen) atoms. The lowest BCUT2D eigenvalue weighted by Crippen LogP contribution is -2.16. The normalized spacial score (nSPS) is 10.5. The highest BCUT2D eigenvalue weighted by atomic mass is 15.1. The summed E-state index contributed by atoms with van der Waals surface area (Å²) in [7, 11) is 0. The number of nitrogens with zero attached hydrogens (tertiary/aromatic N) is 3. The molecule has 2 aromatic heterocycles. The number of fused-ring (bicyclic) bond motifs is 1. The lowest BCUT2D eigenvalue weighted by Gasteiger charge is -1.98. The molecule has 2 heterocycles. The Kier molecular flexibility index (Phi) is 1.38. The van der Waals surface area contributed by atoms with Gasteiger partial charge in [0.2, 0.25) is 0 Å². The van der Waals surface area contributed by atoms with Crippen LogP contribution in [-0.2, 0) is 0 Å². The molecule has 2 rings (SSSR count). The molecule has 0 aliphatic heterocycles. The van der Waals surface area contributed by atoms with Gasteiger partial charge in [-0.2, -0.15) is 0 Å². The Morgan fingerprint density at radius 1 is 1.46 bits per heavy atom. The van der Waals surface area contributed by atoms with Gasteiger partial charge >= 0.3 is 0 Å². The van der Waals surface area contributed by atoms with Gasteiger partial charge in [-0.05, 0) is 0 Å². The largest absolute Gasteiger partial charge is 0.382 e.